The van der Waals surface area contributed by atoms with Gasteiger partial charge in [-0.2, -0.15) is 0 Å². The van der Waals surface area contributed by atoms with Gasteiger partial charge in [-0.3, -0.25) is 4.79 Å². The number of carbonyl (C=O) groups excluding carboxylic acids is 1. The first-order chi connectivity index (χ1) is 11.1. The molecular weight excluding hydrogens is 294 g/mol. The van der Waals surface area contributed by atoms with Gasteiger partial charge in [0.05, 0.1) is 11.9 Å². The minimum atomic E-state index is -0.175. The second kappa shape index (κ2) is 6.56. The van der Waals surface area contributed by atoms with Crippen LogP contribution >= 0.6 is 0 Å². The number of nitrogens with zero attached hydrogens (tertiary/aromatic N) is 1. The monoisotopic (exact) mass is 313 g/mol. The quantitative estimate of drug-likeness (QED) is 0.908. The second-order valence-corrected chi connectivity index (χ2v) is 5.54. The molecule has 0 saturated carbocycles. The lowest BCUT2D eigenvalue weighted by atomic mass is 10.2. The molecule has 6 heteroatoms. The van der Waals surface area contributed by atoms with Crippen molar-refractivity contribution in [3.63, 3.8) is 0 Å². The van der Waals surface area contributed by atoms with Gasteiger partial charge in [0.2, 0.25) is 0 Å². The number of anilines is 2. The Hall–Kier alpha value is -2.76. The number of benzene rings is 1. The minimum absolute atomic E-state index is 0.0832. The van der Waals surface area contributed by atoms with E-state index < -0.39 is 0 Å². The van der Waals surface area contributed by atoms with Crippen LogP contribution in [0.5, 0.6) is 11.5 Å². The molecule has 0 saturated heterocycles. The third kappa shape index (κ3) is 3.71. The van der Waals surface area contributed by atoms with E-state index >= 15 is 0 Å². The molecule has 0 unspecified atom stereocenters. The van der Waals surface area contributed by atoms with Crippen molar-refractivity contribution >= 4 is 17.3 Å². The predicted molar refractivity (Wildman–Crippen MR) is 87.6 cm³/mol. The molecule has 1 aromatic heterocycles. The van der Waals surface area contributed by atoms with E-state index in [9.17, 15) is 4.79 Å². The topological polar surface area (TPSA) is 72.5 Å². The Morgan fingerprint density at radius 1 is 1.09 bits per heavy atom. The van der Waals surface area contributed by atoms with Gasteiger partial charge in [-0.15, -0.1) is 0 Å². The number of pyridine rings is 1. The van der Waals surface area contributed by atoms with Crippen molar-refractivity contribution < 1.29 is 14.3 Å². The van der Waals surface area contributed by atoms with Gasteiger partial charge < -0.3 is 20.1 Å². The van der Waals surface area contributed by atoms with E-state index in [1.807, 2.05) is 38.1 Å². The molecule has 0 spiro atoms. The number of hydrogen-bond donors (Lipinski definition) is 2. The molecule has 3 rings (SSSR count). The van der Waals surface area contributed by atoms with Gasteiger partial charge in [0.1, 0.15) is 18.9 Å². The molecule has 1 aromatic carbocycles. The highest BCUT2D eigenvalue weighted by Crippen LogP contribution is 2.33. The van der Waals surface area contributed by atoms with Crippen LogP contribution in [0.15, 0.2) is 36.5 Å². The Kier molecular flexibility index (Phi) is 4.32. The fourth-order valence-electron chi connectivity index (χ4n) is 2.23. The lowest BCUT2D eigenvalue weighted by Gasteiger charge is -2.19. The highest BCUT2D eigenvalue weighted by molar-refractivity contribution is 5.92. The van der Waals surface area contributed by atoms with Crippen LogP contribution in [-0.2, 0) is 0 Å². The number of nitrogens with one attached hydrogen (secondary N) is 2. The van der Waals surface area contributed by atoms with E-state index in [0.29, 0.717) is 18.9 Å². The van der Waals surface area contributed by atoms with Crippen LogP contribution in [0.1, 0.15) is 24.3 Å². The number of rotatable bonds is 4. The Labute approximate surface area is 134 Å². The minimum Gasteiger partial charge on any atom is -0.486 e. The maximum Gasteiger partial charge on any atom is 0.270 e. The van der Waals surface area contributed by atoms with Gasteiger partial charge in [-0.05, 0) is 38.1 Å². The molecule has 0 aliphatic carbocycles. The van der Waals surface area contributed by atoms with Gasteiger partial charge in [-0.25, -0.2) is 4.98 Å². The zero-order valence-electron chi connectivity index (χ0n) is 13.1. The first kappa shape index (κ1) is 15.1. The van der Waals surface area contributed by atoms with Crippen LogP contribution in [0.2, 0.25) is 0 Å². The maximum absolute atomic E-state index is 11.9. The highest BCUT2D eigenvalue weighted by Gasteiger charge is 2.12. The van der Waals surface area contributed by atoms with Crippen LogP contribution < -0.4 is 20.1 Å². The molecule has 1 aliphatic heterocycles. The average Bonchev–Trinajstić information content (AvgIpc) is 2.55. The normalized spacial score (nSPS) is 12.8. The molecule has 1 amide bonds. The summed E-state index contributed by atoms with van der Waals surface area (Å²) in [5, 5.41) is 6.04. The standard InChI is InChI=1S/C17H19N3O3/c1-11(2)19-17(21)14-5-3-13(10-18-14)20-12-4-6-15-16(9-12)23-8-7-22-15/h3-6,9-11,20H,7-8H2,1-2H3,(H,19,21). The summed E-state index contributed by atoms with van der Waals surface area (Å²) in [5.41, 5.74) is 2.06. The first-order valence-electron chi connectivity index (χ1n) is 7.55. The third-order valence-electron chi connectivity index (χ3n) is 3.25. The molecule has 23 heavy (non-hydrogen) atoms. The van der Waals surface area contributed by atoms with Crippen molar-refractivity contribution in [3.05, 3.63) is 42.2 Å². The number of aromatic nitrogens is 1. The summed E-state index contributed by atoms with van der Waals surface area (Å²) in [6, 6.07) is 9.26. The number of ether oxygens (including phenoxy) is 2. The van der Waals surface area contributed by atoms with Crippen molar-refractivity contribution in [3.8, 4) is 11.5 Å². The molecule has 0 fully saturated rings. The summed E-state index contributed by atoms with van der Waals surface area (Å²) < 4.78 is 11.0. The zero-order chi connectivity index (χ0) is 16.2. The summed E-state index contributed by atoms with van der Waals surface area (Å²) in [4.78, 5) is 16.0. The highest BCUT2D eigenvalue weighted by atomic mass is 16.6. The van der Waals surface area contributed by atoms with Gasteiger partial charge >= 0.3 is 0 Å². The van der Waals surface area contributed by atoms with Gasteiger partial charge in [0, 0.05) is 17.8 Å². The summed E-state index contributed by atoms with van der Waals surface area (Å²) in [5.74, 6) is 1.30. The van der Waals surface area contributed by atoms with Crippen molar-refractivity contribution in [2.45, 2.75) is 19.9 Å². The van der Waals surface area contributed by atoms with E-state index in [1.165, 1.54) is 0 Å². The van der Waals surface area contributed by atoms with E-state index in [-0.39, 0.29) is 11.9 Å². The first-order valence-corrected chi connectivity index (χ1v) is 7.55. The largest absolute Gasteiger partial charge is 0.486 e. The molecule has 120 valence electrons. The lowest BCUT2D eigenvalue weighted by Crippen LogP contribution is -2.30. The Morgan fingerprint density at radius 2 is 1.83 bits per heavy atom. The maximum atomic E-state index is 11.9. The summed E-state index contributed by atoms with van der Waals surface area (Å²) in [6.07, 6.45) is 1.63. The van der Waals surface area contributed by atoms with Crippen LogP contribution in [0.25, 0.3) is 0 Å². The van der Waals surface area contributed by atoms with Crippen LogP contribution in [-0.4, -0.2) is 30.1 Å². The number of amides is 1. The fourth-order valence-corrected chi connectivity index (χ4v) is 2.23. The van der Waals surface area contributed by atoms with Crippen LogP contribution in [0.4, 0.5) is 11.4 Å². The van der Waals surface area contributed by atoms with E-state index in [1.54, 1.807) is 12.3 Å². The van der Waals surface area contributed by atoms with Gasteiger partial charge in [-0.1, -0.05) is 0 Å². The molecule has 2 N–H and O–H groups in total. The molecule has 0 bridgehead atoms. The van der Waals surface area contributed by atoms with Crippen molar-refractivity contribution in [1.29, 1.82) is 0 Å². The third-order valence-corrected chi connectivity index (χ3v) is 3.25. The lowest BCUT2D eigenvalue weighted by molar-refractivity contribution is 0.0938. The van der Waals surface area contributed by atoms with Crippen LogP contribution in [0, 0.1) is 0 Å². The van der Waals surface area contributed by atoms with Crippen molar-refractivity contribution in [1.82, 2.24) is 10.3 Å². The number of carbonyl (C=O) groups is 1. The van der Waals surface area contributed by atoms with Gasteiger partial charge in [0.25, 0.3) is 5.91 Å². The molecule has 2 aromatic rings. The zero-order valence-corrected chi connectivity index (χ0v) is 13.1. The summed E-state index contributed by atoms with van der Waals surface area (Å²) in [6.45, 7) is 4.95. The smallest absolute Gasteiger partial charge is 0.270 e. The average molecular weight is 313 g/mol. The van der Waals surface area contributed by atoms with Gasteiger partial charge in [0.15, 0.2) is 11.5 Å². The number of hydrogen-bond acceptors (Lipinski definition) is 5. The Morgan fingerprint density at radius 3 is 2.52 bits per heavy atom. The molecule has 6 nitrogen and oxygen atoms in total. The van der Waals surface area contributed by atoms with Crippen molar-refractivity contribution in [2.24, 2.45) is 0 Å². The molecule has 2 heterocycles. The fraction of sp³-hybridized carbons (Fsp3) is 0.294. The molecule has 0 radical (unpaired) electrons. The predicted octanol–water partition coefficient (Wildman–Crippen LogP) is 2.73. The second-order valence-electron chi connectivity index (χ2n) is 5.54. The molecule has 1 aliphatic rings. The Bertz CT molecular complexity index is 699. The summed E-state index contributed by atoms with van der Waals surface area (Å²) >= 11 is 0. The molecular formula is C17H19N3O3. The van der Waals surface area contributed by atoms with E-state index in [0.717, 1.165) is 22.9 Å². The van der Waals surface area contributed by atoms with Crippen LogP contribution in [0.3, 0.4) is 0 Å². The number of fused-ring (bicyclic) bond motifs is 1. The SMILES string of the molecule is CC(C)NC(=O)c1ccc(Nc2ccc3c(c2)OCCO3)cn1. The Balaban J connectivity index is 1.70. The summed E-state index contributed by atoms with van der Waals surface area (Å²) in [7, 11) is 0. The molecule has 0 atom stereocenters. The van der Waals surface area contributed by atoms with E-state index in [2.05, 4.69) is 15.6 Å². The van der Waals surface area contributed by atoms with E-state index in [4.69, 9.17) is 9.47 Å². The van der Waals surface area contributed by atoms with Crippen molar-refractivity contribution in [2.75, 3.05) is 18.5 Å².